The minimum absolute atomic E-state index is 0.193. The molecule has 0 saturated carbocycles. The van der Waals surface area contributed by atoms with Gasteiger partial charge in [-0.2, -0.15) is 0 Å². The second-order valence-corrected chi connectivity index (χ2v) is 2.85. The molecule has 0 aliphatic carbocycles. The molecule has 1 rings (SSSR count). The molecule has 0 aliphatic heterocycles. The summed E-state index contributed by atoms with van der Waals surface area (Å²) >= 11 is 0. The topological polar surface area (TPSA) is 51.2 Å². The Morgan fingerprint density at radius 2 is 2.43 bits per heavy atom. The minimum Gasteiger partial charge on any atom is -0.465 e. The molecule has 1 N–H and O–H groups in total. The van der Waals surface area contributed by atoms with Crippen LogP contribution in [0.1, 0.15) is 12.5 Å². The highest BCUT2D eigenvalue weighted by atomic mass is 16.5. The van der Waals surface area contributed by atoms with Gasteiger partial charge in [0.2, 0.25) is 0 Å². The summed E-state index contributed by atoms with van der Waals surface area (Å²) in [7, 11) is 0. The van der Waals surface area contributed by atoms with Crippen molar-refractivity contribution in [2.75, 3.05) is 18.5 Å². The number of aryl methyl sites for hydroxylation is 1. The average Bonchev–Trinajstić information content (AvgIpc) is 2.17. The number of esters is 1. The summed E-state index contributed by atoms with van der Waals surface area (Å²) in [5, 5.41) is 2.98. The van der Waals surface area contributed by atoms with Crippen LogP contribution in [-0.4, -0.2) is 24.1 Å². The van der Waals surface area contributed by atoms with Gasteiger partial charge in [0.15, 0.2) is 0 Å². The van der Waals surface area contributed by atoms with E-state index in [1.54, 1.807) is 19.3 Å². The van der Waals surface area contributed by atoms with E-state index in [4.69, 9.17) is 4.74 Å². The Bertz CT molecular complexity index is 313. The van der Waals surface area contributed by atoms with Crippen LogP contribution in [-0.2, 0) is 9.53 Å². The van der Waals surface area contributed by atoms with Crippen LogP contribution in [0.3, 0.4) is 0 Å². The highest BCUT2D eigenvalue weighted by Gasteiger charge is 2.02. The third-order valence-electron chi connectivity index (χ3n) is 1.75. The van der Waals surface area contributed by atoms with Crippen molar-refractivity contribution in [3.63, 3.8) is 0 Å². The summed E-state index contributed by atoms with van der Waals surface area (Å²) in [5.41, 5.74) is 1.92. The molecule has 0 radical (unpaired) electrons. The molecule has 0 fully saturated rings. The molecule has 0 spiro atoms. The Morgan fingerprint density at radius 3 is 3.07 bits per heavy atom. The van der Waals surface area contributed by atoms with Gasteiger partial charge in [-0.15, -0.1) is 0 Å². The first-order chi connectivity index (χ1) is 6.74. The number of carbonyl (C=O) groups is 1. The van der Waals surface area contributed by atoms with Crippen LogP contribution in [0.25, 0.3) is 0 Å². The summed E-state index contributed by atoms with van der Waals surface area (Å²) < 4.78 is 4.79. The molecule has 1 aromatic rings. The van der Waals surface area contributed by atoms with Crippen molar-refractivity contribution in [2.24, 2.45) is 0 Å². The largest absolute Gasteiger partial charge is 0.465 e. The van der Waals surface area contributed by atoms with E-state index in [-0.39, 0.29) is 12.5 Å². The Morgan fingerprint density at radius 1 is 1.64 bits per heavy atom. The molecule has 0 aliphatic rings. The van der Waals surface area contributed by atoms with E-state index < -0.39 is 0 Å². The fourth-order valence-electron chi connectivity index (χ4n) is 1.05. The third-order valence-corrected chi connectivity index (χ3v) is 1.75. The van der Waals surface area contributed by atoms with Crippen molar-refractivity contribution in [1.82, 2.24) is 4.98 Å². The molecule has 0 saturated heterocycles. The Labute approximate surface area is 83.3 Å². The van der Waals surface area contributed by atoms with E-state index in [9.17, 15) is 4.79 Å². The monoisotopic (exact) mass is 194 g/mol. The molecule has 4 nitrogen and oxygen atoms in total. The zero-order valence-electron chi connectivity index (χ0n) is 8.41. The zero-order chi connectivity index (χ0) is 10.4. The van der Waals surface area contributed by atoms with Crippen LogP contribution in [0.15, 0.2) is 18.5 Å². The van der Waals surface area contributed by atoms with Gasteiger partial charge < -0.3 is 10.1 Å². The van der Waals surface area contributed by atoms with Gasteiger partial charge in [-0.05, 0) is 25.5 Å². The van der Waals surface area contributed by atoms with Crippen LogP contribution in [0.4, 0.5) is 5.69 Å². The molecular formula is C10H14N2O2. The number of nitrogens with zero attached hydrogens (tertiary/aromatic N) is 1. The molecule has 0 atom stereocenters. The van der Waals surface area contributed by atoms with Crippen LogP contribution in [0.2, 0.25) is 0 Å². The van der Waals surface area contributed by atoms with Crippen molar-refractivity contribution in [1.29, 1.82) is 0 Å². The lowest BCUT2D eigenvalue weighted by Gasteiger charge is -2.07. The molecule has 0 aromatic carbocycles. The molecule has 4 heteroatoms. The number of nitrogens with one attached hydrogen (secondary N) is 1. The average molecular weight is 194 g/mol. The summed E-state index contributed by atoms with van der Waals surface area (Å²) in [5.74, 6) is -0.247. The number of hydrogen-bond acceptors (Lipinski definition) is 4. The number of anilines is 1. The smallest absolute Gasteiger partial charge is 0.325 e. The second-order valence-electron chi connectivity index (χ2n) is 2.85. The van der Waals surface area contributed by atoms with Crippen molar-refractivity contribution >= 4 is 11.7 Å². The summed E-state index contributed by atoms with van der Waals surface area (Å²) in [6, 6.07) is 1.83. The fraction of sp³-hybridized carbons (Fsp3) is 0.400. The molecule has 76 valence electrons. The normalized spacial score (nSPS) is 9.57. The van der Waals surface area contributed by atoms with Crippen LogP contribution in [0.5, 0.6) is 0 Å². The quantitative estimate of drug-likeness (QED) is 0.735. The van der Waals surface area contributed by atoms with Crippen LogP contribution >= 0.6 is 0 Å². The molecule has 1 aromatic heterocycles. The highest BCUT2D eigenvalue weighted by Crippen LogP contribution is 2.10. The lowest BCUT2D eigenvalue weighted by atomic mass is 10.2. The number of aromatic nitrogens is 1. The van der Waals surface area contributed by atoms with Gasteiger partial charge in [0, 0.05) is 18.1 Å². The van der Waals surface area contributed by atoms with Gasteiger partial charge in [-0.3, -0.25) is 9.78 Å². The zero-order valence-corrected chi connectivity index (χ0v) is 8.41. The molecule has 0 bridgehead atoms. The van der Waals surface area contributed by atoms with Crippen molar-refractivity contribution in [2.45, 2.75) is 13.8 Å². The predicted molar refractivity (Wildman–Crippen MR) is 54.1 cm³/mol. The number of pyridine rings is 1. The summed E-state index contributed by atoms with van der Waals surface area (Å²) in [4.78, 5) is 15.0. The molecule has 1 heterocycles. The second kappa shape index (κ2) is 5.21. The lowest BCUT2D eigenvalue weighted by molar-refractivity contribution is -0.140. The maximum Gasteiger partial charge on any atom is 0.325 e. The van der Waals surface area contributed by atoms with Crippen LogP contribution < -0.4 is 5.32 Å². The first-order valence-corrected chi connectivity index (χ1v) is 4.54. The van der Waals surface area contributed by atoms with E-state index >= 15 is 0 Å². The first kappa shape index (κ1) is 10.5. The number of hydrogen-bond donors (Lipinski definition) is 1. The fourth-order valence-corrected chi connectivity index (χ4v) is 1.05. The van der Waals surface area contributed by atoms with Crippen molar-refractivity contribution in [3.05, 3.63) is 24.0 Å². The Balaban J connectivity index is 2.46. The lowest BCUT2D eigenvalue weighted by Crippen LogP contribution is -2.17. The predicted octanol–water partition coefficient (Wildman–Crippen LogP) is 1.37. The van der Waals surface area contributed by atoms with E-state index in [1.165, 1.54) is 0 Å². The van der Waals surface area contributed by atoms with Gasteiger partial charge in [0.1, 0.15) is 6.54 Å². The van der Waals surface area contributed by atoms with E-state index in [2.05, 4.69) is 10.3 Å². The Hall–Kier alpha value is -1.58. The number of carbonyl (C=O) groups excluding carboxylic acids is 1. The maximum absolute atomic E-state index is 11.0. The van der Waals surface area contributed by atoms with Crippen LogP contribution in [0, 0.1) is 6.92 Å². The van der Waals surface area contributed by atoms with Gasteiger partial charge in [0.05, 0.1) is 6.61 Å². The molecule has 14 heavy (non-hydrogen) atoms. The van der Waals surface area contributed by atoms with Gasteiger partial charge in [-0.1, -0.05) is 0 Å². The number of rotatable bonds is 4. The summed E-state index contributed by atoms with van der Waals surface area (Å²) in [6.07, 6.45) is 3.42. The Kier molecular flexibility index (Phi) is 3.91. The SMILES string of the molecule is CCOC(=O)CNc1ccncc1C. The highest BCUT2D eigenvalue weighted by molar-refractivity contribution is 5.75. The molecular weight excluding hydrogens is 180 g/mol. The van der Waals surface area contributed by atoms with Gasteiger partial charge in [0.25, 0.3) is 0 Å². The maximum atomic E-state index is 11.0. The first-order valence-electron chi connectivity index (χ1n) is 4.54. The third kappa shape index (κ3) is 3.05. The standard InChI is InChI=1S/C10H14N2O2/c1-3-14-10(13)7-12-9-4-5-11-6-8(9)2/h4-6H,3,7H2,1-2H3,(H,11,12). The van der Waals surface area contributed by atoms with Gasteiger partial charge in [-0.25, -0.2) is 0 Å². The number of ether oxygens (including phenoxy) is 1. The van der Waals surface area contributed by atoms with E-state index in [1.807, 2.05) is 13.0 Å². The van der Waals surface area contributed by atoms with E-state index in [0.29, 0.717) is 6.61 Å². The van der Waals surface area contributed by atoms with Crippen molar-refractivity contribution in [3.8, 4) is 0 Å². The minimum atomic E-state index is -0.247. The summed E-state index contributed by atoms with van der Waals surface area (Å²) in [6.45, 7) is 4.32. The van der Waals surface area contributed by atoms with Gasteiger partial charge >= 0.3 is 5.97 Å². The van der Waals surface area contributed by atoms with Crippen molar-refractivity contribution < 1.29 is 9.53 Å². The molecule has 0 unspecified atom stereocenters. The van der Waals surface area contributed by atoms with E-state index in [0.717, 1.165) is 11.3 Å². The molecule has 0 amide bonds.